The van der Waals surface area contributed by atoms with Gasteiger partial charge in [-0.3, -0.25) is 0 Å². The molecule has 8 heteroatoms. The highest BCUT2D eigenvalue weighted by atomic mass is 19.1. The quantitative estimate of drug-likeness (QED) is 0.421. The van der Waals surface area contributed by atoms with Crippen molar-refractivity contribution in [2.45, 2.75) is 31.7 Å². The Morgan fingerprint density at radius 1 is 0.914 bits per heavy atom. The van der Waals surface area contributed by atoms with Crippen molar-refractivity contribution in [1.82, 2.24) is 24.5 Å². The van der Waals surface area contributed by atoms with Crippen LogP contribution in [-0.2, 0) is 0 Å². The summed E-state index contributed by atoms with van der Waals surface area (Å²) in [6.45, 7) is 4.48. The maximum Gasteiger partial charge on any atom is 0.213 e. The number of imidazole rings is 1. The Hall–Kier alpha value is -3.52. The van der Waals surface area contributed by atoms with Gasteiger partial charge in [0.2, 0.25) is 5.88 Å². The molecule has 3 aromatic heterocycles. The zero-order valence-corrected chi connectivity index (χ0v) is 19.9. The molecule has 0 spiro atoms. The second-order valence-electron chi connectivity index (χ2n) is 9.33. The zero-order chi connectivity index (χ0) is 23.8. The van der Waals surface area contributed by atoms with Gasteiger partial charge in [-0.25, -0.2) is 18.9 Å². The Morgan fingerprint density at radius 3 is 2.43 bits per heavy atom. The van der Waals surface area contributed by atoms with E-state index >= 15 is 0 Å². The van der Waals surface area contributed by atoms with Crippen LogP contribution in [0.1, 0.15) is 25.7 Å². The van der Waals surface area contributed by atoms with Crippen LogP contribution in [0.5, 0.6) is 5.88 Å². The third kappa shape index (κ3) is 4.23. The Bertz CT molecular complexity index is 1320. The van der Waals surface area contributed by atoms with Crippen molar-refractivity contribution in [3.8, 4) is 28.4 Å². The number of nitrogens with zero attached hydrogens (tertiary/aromatic N) is 6. The summed E-state index contributed by atoms with van der Waals surface area (Å²) in [5.74, 6) is 1.19. The predicted octanol–water partition coefficient (Wildman–Crippen LogP) is 4.67. The number of hydrogen-bond acceptors (Lipinski definition) is 6. The van der Waals surface area contributed by atoms with Gasteiger partial charge in [0.1, 0.15) is 17.3 Å². The smallest absolute Gasteiger partial charge is 0.213 e. The van der Waals surface area contributed by atoms with Gasteiger partial charge in [0.25, 0.3) is 0 Å². The number of fused-ring (bicyclic) bond motifs is 1. The third-order valence-corrected chi connectivity index (χ3v) is 7.24. The molecular formula is C27H29FN6O. The highest BCUT2D eigenvalue weighted by Crippen LogP contribution is 2.34. The second kappa shape index (κ2) is 9.26. The third-order valence-electron chi connectivity index (χ3n) is 7.24. The van der Waals surface area contributed by atoms with E-state index in [9.17, 15) is 4.39 Å². The SMILES string of the molecule is COc1cc(-c2c(-c3ccc(F)cc3)nc3ccc(N4CCC(N5CCCC5)CC4)nn23)ccn1. The van der Waals surface area contributed by atoms with Crippen LogP contribution in [0.4, 0.5) is 10.2 Å². The molecule has 0 saturated carbocycles. The van der Waals surface area contributed by atoms with Gasteiger partial charge in [-0.15, -0.1) is 5.10 Å². The maximum atomic E-state index is 13.6. The molecule has 7 nitrogen and oxygen atoms in total. The average molecular weight is 473 g/mol. The van der Waals surface area contributed by atoms with Crippen LogP contribution in [0.3, 0.4) is 0 Å². The molecule has 0 atom stereocenters. The van der Waals surface area contributed by atoms with Crippen molar-refractivity contribution in [2.24, 2.45) is 0 Å². The van der Waals surface area contributed by atoms with Crippen LogP contribution >= 0.6 is 0 Å². The summed E-state index contributed by atoms with van der Waals surface area (Å²) in [5, 5.41) is 5.05. The van der Waals surface area contributed by atoms with E-state index in [4.69, 9.17) is 14.8 Å². The van der Waals surface area contributed by atoms with Gasteiger partial charge in [0.15, 0.2) is 5.65 Å². The van der Waals surface area contributed by atoms with Crippen molar-refractivity contribution in [2.75, 3.05) is 38.2 Å². The molecule has 0 unspecified atom stereocenters. The van der Waals surface area contributed by atoms with Crippen molar-refractivity contribution in [1.29, 1.82) is 0 Å². The lowest BCUT2D eigenvalue weighted by atomic mass is 10.0. The van der Waals surface area contributed by atoms with Gasteiger partial charge < -0.3 is 14.5 Å². The van der Waals surface area contributed by atoms with Crippen LogP contribution in [0.25, 0.3) is 28.2 Å². The fourth-order valence-corrected chi connectivity index (χ4v) is 5.40. The number of rotatable bonds is 5. The van der Waals surface area contributed by atoms with Gasteiger partial charge in [0.05, 0.1) is 12.8 Å². The molecule has 5 heterocycles. The molecule has 0 radical (unpaired) electrons. The number of methoxy groups -OCH3 is 1. The molecule has 0 N–H and O–H groups in total. The van der Waals surface area contributed by atoms with E-state index in [0.29, 0.717) is 11.9 Å². The number of aromatic nitrogens is 4. The molecule has 0 amide bonds. The van der Waals surface area contributed by atoms with Crippen LogP contribution < -0.4 is 9.64 Å². The topological polar surface area (TPSA) is 58.8 Å². The minimum absolute atomic E-state index is 0.276. The minimum Gasteiger partial charge on any atom is -0.481 e. The number of halogens is 1. The van der Waals surface area contributed by atoms with E-state index in [1.165, 1.54) is 50.9 Å². The molecule has 180 valence electrons. The Morgan fingerprint density at radius 2 is 1.69 bits per heavy atom. The molecule has 2 fully saturated rings. The summed E-state index contributed by atoms with van der Waals surface area (Å²) in [7, 11) is 1.60. The maximum absolute atomic E-state index is 13.6. The highest BCUT2D eigenvalue weighted by molar-refractivity contribution is 5.82. The fraction of sp³-hybridized carbons (Fsp3) is 0.370. The number of ether oxygens (including phenoxy) is 1. The molecule has 4 aromatic rings. The number of hydrogen-bond donors (Lipinski definition) is 0. The summed E-state index contributed by atoms with van der Waals surface area (Å²) < 4.78 is 20.9. The van der Waals surface area contributed by atoms with E-state index in [2.05, 4.69) is 20.9 Å². The summed E-state index contributed by atoms with van der Waals surface area (Å²) in [4.78, 5) is 14.2. The molecule has 0 aliphatic carbocycles. The number of likely N-dealkylation sites (tertiary alicyclic amines) is 1. The predicted molar refractivity (Wildman–Crippen MR) is 134 cm³/mol. The van der Waals surface area contributed by atoms with E-state index in [0.717, 1.165) is 47.1 Å². The molecule has 2 aliphatic rings. The average Bonchev–Trinajstić information content (AvgIpc) is 3.57. The first-order valence-electron chi connectivity index (χ1n) is 12.3. The summed E-state index contributed by atoms with van der Waals surface area (Å²) in [5.41, 5.74) is 4.04. The zero-order valence-electron chi connectivity index (χ0n) is 19.9. The Balaban J connectivity index is 1.39. The Kier molecular flexibility index (Phi) is 5.82. The lowest BCUT2D eigenvalue weighted by Gasteiger charge is -2.37. The number of benzene rings is 1. The van der Waals surface area contributed by atoms with Crippen LogP contribution in [0, 0.1) is 5.82 Å². The number of pyridine rings is 1. The number of piperidine rings is 1. The first kappa shape index (κ1) is 22.0. The van der Waals surface area contributed by atoms with Gasteiger partial charge in [-0.1, -0.05) is 0 Å². The van der Waals surface area contributed by atoms with E-state index in [-0.39, 0.29) is 5.82 Å². The van der Waals surface area contributed by atoms with Gasteiger partial charge in [-0.2, -0.15) is 0 Å². The van der Waals surface area contributed by atoms with Crippen LogP contribution in [0.2, 0.25) is 0 Å². The molecule has 2 saturated heterocycles. The molecule has 1 aromatic carbocycles. The van der Waals surface area contributed by atoms with Crippen molar-refractivity contribution >= 4 is 11.5 Å². The van der Waals surface area contributed by atoms with Crippen molar-refractivity contribution in [3.05, 3.63) is 60.5 Å². The fourth-order valence-electron chi connectivity index (χ4n) is 5.40. The largest absolute Gasteiger partial charge is 0.481 e. The van der Waals surface area contributed by atoms with Crippen molar-refractivity contribution < 1.29 is 9.13 Å². The molecular weight excluding hydrogens is 443 g/mol. The van der Waals surface area contributed by atoms with Gasteiger partial charge in [0, 0.05) is 42.5 Å². The Labute approximate surface area is 204 Å². The van der Waals surface area contributed by atoms with E-state index in [1.807, 2.05) is 22.7 Å². The molecule has 2 aliphatic heterocycles. The van der Waals surface area contributed by atoms with E-state index < -0.39 is 0 Å². The van der Waals surface area contributed by atoms with E-state index in [1.54, 1.807) is 25.4 Å². The van der Waals surface area contributed by atoms with Gasteiger partial charge in [-0.05, 0) is 81.2 Å². The second-order valence-corrected chi connectivity index (χ2v) is 9.33. The summed E-state index contributed by atoms with van der Waals surface area (Å²) >= 11 is 0. The van der Waals surface area contributed by atoms with Crippen LogP contribution in [-0.4, -0.2) is 63.8 Å². The standard InChI is InChI=1S/C27H29FN6O/c1-35-25-18-20(10-13-29-25)27-26(19-4-6-21(28)7-5-19)30-23-8-9-24(31-34(23)27)33-16-11-22(12-17-33)32-14-2-3-15-32/h4-10,13,18,22H,2-3,11-12,14-17H2,1H3. The first-order valence-corrected chi connectivity index (χ1v) is 12.3. The lowest BCUT2D eigenvalue weighted by molar-refractivity contribution is 0.207. The first-order chi connectivity index (χ1) is 17.2. The summed E-state index contributed by atoms with van der Waals surface area (Å²) in [6.07, 6.45) is 6.71. The normalized spacial score (nSPS) is 17.4. The lowest BCUT2D eigenvalue weighted by Crippen LogP contribution is -2.44. The molecule has 35 heavy (non-hydrogen) atoms. The highest BCUT2D eigenvalue weighted by Gasteiger charge is 2.27. The monoisotopic (exact) mass is 472 g/mol. The van der Waals surface area contributed by atoms with Crippen molar-refractivity contribution in [3.63, 3.8) is 0 Å². The molecule has 6 rings (SSSR count). The molecule has 0 bridgehead atoms. The van der Waals surface area contributed by atoms with Crippen LogP contribution in [0.15, 0.2) is 54.7 Å². The minimum atomic E-state index is -0.276. The number of anilines is 1. The summed E-state index contributed by atoms with van der Waals surface area (Å²) in [6, 6.07) is 15.0. The van der Waals surface area contributed by atoms with Gasteiger partial charge >= 0.3 is 0 Å².